The quantitative estimate of drug-likeness (QED) is 0.151. The molecule has 10 aromatic rings. The van der Waals surface area contributed by atoms with Crippen LogP contribution in [0.1, 0.15) is 5.56 Å². The summed E-state index contributed by atoms with van der Waals surface area (Å²) >= 11 is 0. The van der Waals surface area contributed by atoms with Gasteiger partial charge in [0.2, 0.25) is 0 Å². The molecule has 0 fully saturated rings. The Morgan fingerprint density at radius 3 is 1.44 bits per heavy atom. The molecule has 0 aliphatic carbocycles. The van der Waals surface area contributed by atoms with Gasteiger partial charge in [-0.1, -0.05) is 181 Å². The zero-order chi connectivity index (χ0) is 38.1. The van der Waals surface area contributed by atoms with Crippen LogP contribution in [0.25, 0.3) is 72.0 Å². The highest BCUT2D eigenvalue weighted by atomic mass is 15.1. The molecule has 2 nitrogen and oxygen atoms in total. The van der Waals surface area contributed by atoms with E-state index in [1.807, 2.05) is 0 Å². The van der Waals surface area contributed by atoms with Crippen LogP contribution in [0.2, 0.25) is 0 Å². The van der Waals surface area contributed by atoms with E-state index in [1.165, 1.54) is 66.4 Å². The lowest BCUT2D eigenvalue weighted by molar-refractivity contribution is 1.18. The van der Waals surface area contributed by atoms with E-state index in [-0.39, 0.29) is 0 Å². The van der Waals surface area contributed by atoms with Crippen molar-refractivity contribution in [2.45, 2.75) is 6.92 Å². The minimum Gasteiger partial charge on any atom is -0.310 e. The van der Waals surface area contributed by atoms with Crippen LogP contribution in [0.4, 0.5) is 17.1 Å². The molecule has 2 heteroatoms. The van der Waals surface area contributed by atoms with Crippen molar-refractivity contribution in [3.63, 3.8) is 0 Å². The number of anilines is 3. The van der Waals surface area contributed by atoms with Crippen molar-refractivity contribution < 1.29 is 0 Å². The molecule has 57 heavy (non-hydrogen) atoms. The maximum atomic E-state index is 2.48. The standard InChI is InChI=1S/C55H40N2/c1-39-15-13-22-45(37-39)55-49(44-20-9-4-10-21-44)24-14-26-53(55)57-52-25-12-11-23-50(52)51-36-35-48(38-54(51)57)56(46-31-27-42(28-32-46)40-16-5-2-6-17-40)47-33-29-43(30-34-47)41-18-7-3-8-19-41/h2-38H,1H3. The number of benzene rings is 9. The van der Waals surface area contributed by atoms with Gasteiger partial charge < -0.3 is 9.47 Å². The van der Waals surface area contributed by atoms with E-state index in [0.717, 1.165) is 28.3 Å². The first-order valence-corrected chi connectivity index (χ1v) is 19.6. The van der Waals surface area contributed by atoms with E-state index < -0.39 is 0 Å². The highest BCUT2D eigenvalue weighted by Gasteiger charge is 2.21. The number of hydrogen-bond donors (Lipinski definition) is 0. The molecule has 0 atom stereocenters. The second-order valence-corrected chi connectivity index (χ2v) is 14.7. The number of fused-ring (bicyclic) bond motifs is 3. The molecule has 0 unspecified atom stereocenters. The number of aromatic nitrogens is 1. The topological polar surface area (TPSA) is 8.17 Å². The lowest BCUT2D eigenvalue weighted by atomic mass is 9.92. The molecule has 0 amide bonds. The fourth-order valence-electron chi connectivity index (χ4n) is 8.36. The molecule has 0 bridgehead atoms. The summed E-state index contributed by atoms with van der Waals surface area (Å²) in [5, 5.41) is 2.44. The third kappa shape index (κ3) is 6.38. The van der Waals surface area contributed by atoms with Gasteiger partial charge in [-0.25, -0.2) is 0 Å². The maximum Gasteiger partial charge on any atom is 0.0562 e. The highest BCUT2D eigenvalue weighted by molar-refractivity contribution is 6.11. The summed E-state index contributed by atoms with van der Waals surface area (Å²) in [6.45, 7) is 2.17. The molecule has 0 N–H and O–H groups in total. The van der Waals surface area contributed by atoms with Crippen molar-refractivity contribution in [3.05, 3.63) is 230 Å². The van der Waals surface area contributed by atoms with Gasteiger partial charge in [0.15, 0.2) is 0 Å². The summed E-state index contributed by atoms with van der Waals surface area (Å²) in [6.07, 6.45) is 0. The van der Waals surface area contributed by atoms with Crippen LogP contribution in [-0.2, 0) is 0 Å². The first-order valence-electron chi connectivity index (χ1n) is 19.6. The Kier molecular flexibility index (Phi) is 8.78. The molecular weight excluding hydrogens is 689 g/mol. The number of aryl methyl sites for hydroxylation is 1. The molecule has 0 aliphatic heterocycles. The lowest BCUT2D eigenvalue weighted by Gasteiger charge is -2.26. The Morgan fingerprint density at radius 1 is 0.333 bits per heavy atom. The highest BCUT2D eigenvalue weighted by Crippen LogP contribution is 2.44. The van der Waals surface area contributed by atoms with Gasteiger partial charge >= 0.3 is 0 Å². The molecule has 1 aromatic heterocycles. The molecule has 0 saturated heterocycles. The second-order valence-electron chi connectivity index (χ2n) is 14.7. The van der Waals surface area contributed by atoms with Crippen LogP contribution in [0.5, 0.6) is 0 Å². The number of rotatable bonds is 8. The lowest BCUT2D eigenvalue weighted by Crippen LogP contribution is -2.10. The summed E-state index contributed by atoms with van der Waals surface area (Å²) in [4.78, 5) is 2.38. The van der Waals surface area contributed by atoms with Crippen molar-refractivity contribution in [1.29, 1.82) is 0 Å². The molecule has 1 heterocycles. The Bertz CT molecular complexity index is 2900. The van der Waals surface area contributed by atoms with Crippen LogP contribution in [0.3, 0.4) is 0 Å². The minimum absolute atomic E-state index is 1.09. The summed E-state index contributed by atoms with van der Waals surface area (Å²) in [5.74, 6) is 0. The third-order valence-corrected chi connectivity index (χ3v) is 11.1. The fraction of sp³-hybridized carbons (Fsp3) is 0.0182. The van der Waals surface area contributed by atoms with Gasteiger partial charge in [0.1, 0.15) is 0 Å². The molecule has 9 aromatic carbocycles. The first-order chi connectivity index (χ1) is 28.2. The summed E-state index contributed by atoms with van der Waals surface area (Å²) in [5.41, 5.74) is 17.6. The van der Waals surface area contributed by atoms with E-state index in [9.17, 15) is 0 Å². The van der Waals surface area contributed by atoms with Gasteiger partial charge in [-0.3, -0.25) is 0 Å². The summed E-state index contributed by atoms with van der Waals surface area (Å²) < 4.78 is 2.48. The first kappa shape index (κ1) is 34.1. The largest absolute Gasteiger partial charge is 0.310 e. The van der Waals surface area contributed by atoms with Crippen LogP contribution in [0.15, 0.2) is 224 Å². The fourth-order valence-corrected chi connectivity index (χ4v) is 8.36. The van der Waals surface area contributed by atoms with Gasteiger partial charge in [0, 0.05) is 33.4 Å². The van der Waals surface area contributed by atoms with Gasteiger partial charge in [-0.15, -0.1) is 0 Å². The number of hydrogen-bond acceptors (Lipinski definition) is 1. The van der Waals surface area contributed by atoms with Crippen LogP contribution >= 0.6 is 0 Å². The Balaban J connectivity index is 1.20. The van der Waals surface area contributed by atoms with E-state index in [2.05, 4.69) is 241 Å². The molecule has 0 radical (unpaired) electrons. The molecular formula is C55H40N2. The van der Waals surface area contributed by atoms with Gasteiger partial charge in [-0.05, 0) is 94.4 Å². The van der Waals surface area contributed by atoms with Crippen molar-refractivity contribution in [2.75, 3.05) is 4.90 Å². The Labute approximate surface area is 334 Å². The van der Waals surface area contributed by atoms with E-state index in [0.29, 0.717) is 0 Å². The minimum atomic E-state index is 1.09. The van der Waals surface area contributed by atoms with E-state index in [4.69, 9.17) is 0 Å². The summed E-state index contributed by atoms with van der Waals surface area (Å²) in [6, 6.07) is 81.3. The van der Waals surface area contributed by atoms with Crippen molar-refractivity contribution in [3.8, 4) is 50.2 Å². The van der Waals surface area contributed by atoms with E-state index >= 15 is 0 Å². The monoisotopic (exact) mass is 728 g/mol. The molecule has 0 spiro atoms. The van der Waals surface area contributed by atoms with Gasteiger partial charge in [0.25, 0.3) is 0 Å². The molecule has 270 valence electrons. The van der Waals surface area contributed by atoms with Gasteiger partial charge in [0.05, 0.1) is 16.7 Å². The smallest absolute Gasteiger partial charge is 0.0562 e. The maximum absolute atomic E-state index is 2.48. The normalized spacial score (nSPS) is 11.2. The van der Waals surface area contributed by atoms with Crippen molar-refractivity contribution >= 4 is 38.9 Å². The van der Waals surface area contributed by atoms with Crippen molar-refractivity contribution in [1.82, 2.24) is 4.57 Å². The summed E-state index contributed by atoms with van der Waals surface area (Å²) in [7, 11) is 0. The van der Waals surface area contributed by atoms with E-state index in [1.54, 1.807) is 0 Å². The Hall–Kier alpha value is -7.42. The Morgan fingerprint density at radius 2 is 0.825 bits per heavy atom. The number of para-hydroxylation sites is 1. The second kappa shape index (κ2) is 14.7. The third-order valence-electron chi connectivity index (χ3n) is 11.1. The van der Waals surface area contributed by atoms with Gasteiger partial charge in [-0.2, -0.15) is 0 Å². The predicted octanol–water partition coefficient (Wildman–Crippen LogP) is 15.2. The average molecular weight is 729 g/mol. The average Bonchev–Trinajstić information content (AvgIpc) is 3.61. The molecule has 0 aliphatic rings. The van der Waals surface area contributed by atoms with Crippen LogP contribution in [-0.4, -0.2) is 4.57 Å². The zero-order valence-corrected chi connectivity index (χ0v) is 31.8. The SMILES string of the molecule is Cc1cccc(-c2c(-c3ccccc3)cccc2-n2c3ccccc3c3ccc(N(c4ccc(-c5ccccc5)cc4)c4ccc(-c5ccccc5)cc4)cc32)c1. The number of nitrogens with zero attached hydrogens (tertiary/aromatic N) is 2. The molecule has 10 rings (SSSR count). The predicted molar refractivity (Wildman–Crippen MR) is 242 cm³/mol. The molecule has 0 saturated carbocycles. The van der Waals surface area contributed by atoms with Crippen LogP contribution in [0, 0.1) is 6.92 Å². The van der Waals surface area contributed by atoms with Crippen LogP contribution < -0.4 is 4.90 Å². The van der Waals surface area contributed by atoms with Crippen molar-refractivity contribution in [2.24, 2.45) is 0 Å². The zero-order valence-electron chi connectivity index (χ0n) is 31.8.